The number of halogens is 2. The maximum absolute atomic E-state index is 11.8. The highest BCUT2D eigenvalue weighted by molar-refractivity contribution is 9.10. The summed E-state index contributed by atoms with van der Waals surface area (Å²) < 4.78 is 11.1. The average molecular weight is 395 g/mol. The van der Waals surface area contributed by atoms with E-state index in [4.69, 9.17) is 20.9 Å². The summed E-state index contributed by atoms with van der Waals surface area (Å²) in [6, 6.07) is 10.5. The van der Waals surface area contributed by atoms with Crippen molar-refractivity contribution >= 4 is 33.5 Å². The van der Waals surface area contributed by atoms with Gasteiger partial charge >= 0.3 is 5.97 Å². The minimum Gasteiger partial charge on any atom is -0.452 e. The van der Waals surface area contributed by atoms with Gasteiger partial charge in [0.15, 0.2) is 6.61 Å². The highest BCUT2D eigenvalue weighted by Crippen LogP contribution is 2.20. The summed E-state index contributed by atoms with van der Waals surface area (Å²) in [5.74, 6) is 0.0807. The zero-order valence-corrected chi connectivity index (χ0v) is 13.9. The molecule has 0 saturated carbocycles. The minimum absolute atomic E-state index is 0.123. The van der Waals surface area contributed by atoms with Gasteiger partial charge in [0.05, 0.1) is 5.56 Å². The van der Waals surface area contributed by atoms with Crippen molar-refractivity contribution in [2.45, 2.75) is 6.61 Å². The van der Waals surface area contributed by atoms with Crippen molar-refractivity contribution in [3.05, 3.63) is 63.7 Å². The number of aromatic nitrogens is 3. The largest absolute Gasteiger partial charge is 0.452 e. The van der Waals surface area contributed by atoms with Crippen LogP contribution < -0.4 is 0 Å². The molecule has 2 heterocycles. The van der Waals surface area contributed by atoms with Crippen LogP contribution in [0.4, 0.5) is 0 Å². The fraction of sp³-hybridized carbons (Fsp3) is 0.0667. The van der Waals surface area contributed by atoms with E-state index in [1.54, 1.807) is 0 Å². The van der Waals surface area contributed by atoms with Gasteiger partial charge in [-0.1, -0.05) is 44.8 Å². The highest BCUT2D eigenvalue weighted by atomic mass is 79.9. The third-order valence-corrected chi connectivity index (χ3v) is 3.56. The van der Waals surface area contributed by atoms with E-state index in [-0.39, 0.29) is 12.5 Å². The lowest BCUT2D eigenvalue weighted by molar-refractivity contribution is 0.0429. The number of carbonyl (C=O) groups excluding carboxylic acids is 1. The Morgan fingerprint density at radius 3 is 2.91 bits per heavy atom. The van der Waals surface area contributed by atoms with Crippen LogP contribution in [0.25, 0.3) is 11.4 Å². The first-order valence-corrected chi connectivity index (χ1v) is 7.66. The van der Waals surface area contributed by atoms with Crippen molar-refractivity contribution in [3.63, 3.8) is 0 Å². The molecule has 3 aromatic rings. The number of pyridine rings is 1. The zero-order chi connectivity index (χ0) is 16.2. The van der Waals surface area contributed by atoms with Gasteiger partial charge in [0.1, 0.15) is 5.15 Å². The Morgan fingerprint density at radius 1 is 1.30 bits per heavy atom. The molecule has 6 nitrogen and oxygen atoms in total. The molecule has 0 bridgehead atoms. The molecule has 0 aliphatic carbocycles. The lowest BCUT2D eigenvalue weighted by Crippen LogP contribution is -2.05. The van der Waals surface area contributed by atoms with Crippen molar-refractivity contribution in [2.75, 3.05) is 0 Å². The molecule has 2 aromatic heterocycles. The molecule has 0 atom stereocenters. The van der Waals surface area contributed by atoms with Crippen LogP contribution in [-0.2, 0) is 11.3 Å². The topological polar surface area (TPSA) is 78.1 Å². The van der Waals surface area contributed by atoms with Gasteiger partial charge in [-0.15, -0.1) is 0 Å². The van der Waals surface area contributed by atoms with Crippen LogP contribution in [0.5, 0.6) is 0 Å². The number of rotatable bonds is 4. The molecule has 0 unspecified atom stereocenters. The first kappa shape index (κ1) is 15.6. The van der Waals surface area contributed by atoms with Gasteiger partial charge in [-0.2, -0.15) is 4.98 Å². The average Bonchev–Trinajstić information content (AvgIpc) is 3.02. The second kappa shape index (κ2) is 6.89. The molecule has 116 valence electrons. The maximum Gasteiger partial charge on any atom is 0.340 e. The number of ether oxygens (including phenoxy) is 1. The second-order valence-corrected chi connectivity index (χ2v) is 5.77. The summed E-state index contributed by atoms with van der Waals surface area (Å²) in [7, 11) is 0. The number of hydrogen-bond acceptors (Lipinski definition) is 6. The standard InChI is InChI=1S/C15H9BrClN3O3/c16-11-3-1-2-9(6-11)14-19-13(23-20-14)8-22-15(21)10-4-5-12(17)18-7-10/h1-7H,8H2. The van der Waals surface area contributed by atoms with E-state index in [1.165, 1.54) is 18.3 Å². The minimum atomic E-state index is -0.545. The van der Waals surface area contributed by atoms with Gasteiger partial charge in [0, 0.05) is 16.2 Å². The highest BCUT2D eigenvalue weighted by Gasteiger charge is 2.13. The van der Waals surface area contributed by atoms with E-state index in [0.29, 0.717) is 16.5 Å². The fourth-order valence-electron chi connectivity index (χ4n) is 1.77. The third-order valence-electron chi connectivity index (χ3n) is 2.84. The van der Waals surface area contributed by atoms with Crippen LogP contribution in [-0.4, -0.2) is 21.1 Å². The van der Waals surface area contributed by atoms with E-state index in [2.05, 4.69) is 31.1 Å². The number of hydrogen-bond donors (Lipinski definition) is 0. The van der Waals surface area contributed by atoms with Crippen molar-refractivity contribution in [1.82, 2.24) is 15.1 Å². The quantitative estimate of drug-likeness (QED) is 0.493. The monoisotopic (exact) mass is 393 g/mol. The molecular weight excluding hydrogens is 386 g/mol. The first-order chi connectivity index (χ1) is 11.1. The summed E-state index contributed by atoms with van der Waals surface area (Å²) in [5, 5.41) is 4.16. The molecule has 0 amide bonds. The van der Waals surface area contributed by atoms with Crippen LogP contribution in [0.15, 0.2) is 51.6 Å². The molecule has 0 radical (unpaired) electrons. The second-order valence-electron chi connectivity index (χ2n) is 4.47. The molecular formula is C15H9BrClN3O3. The zero-order valence-electron chi connectivity index (χ0n) is 11.6. The van der Waals surface area contributed by atoms with Gasteiger partial charge in [0.2, 0.25) is 5.82 Å². The number of nitrogens with zero attached hydrogens (tertiary/aromatic N) is 3. The molecule has 1 aromatic carbocycles. The van der Waals surface area contributed by atoms with Crippen molar-refractivity contribution in [3.8, 4) is 11.4 Å². The van der Waals surface area contributed by atoms with Crippen LogP contribution in [0.2, 0.25) is 5.15 Å². The molecule has 0 fully saturated rings. The predicted molar refractivity (Wildman–Crippen MR) is 85.8 cm³/mol. The van der Waals surface area contributed by atoms with Gasteiger partial charge in [-0.3, -0.25) is 0 Å². The van der Waals surface area contributed by atoms with Crippen LogP contribution in [0, 0.1) is 0 Å². The maximum atomic E-state index is 11.8. The molecule has 8 heteroatoms. The van der Waals surface area contributed by atoms with E-state index < -0.39 is 5.97 Å². The van der Waals surface area contributed by atoms with Crippen molar-refractivity contribution < 1.29 is 14.1 Å². The fourth-order valence-corrected chi connectivity index (χ4v) is 2.28. The Bertz CT molecular complexity index is 836. The van der Waals surface area contributed by atoms with E-state index in [0.717, 1.165) is 10.0 Å². The summed E-state index contributed by atoms with van der Waals surface area (Å²) in [6.45, 7) is -0.123. The molecule has 23 heavy (non-hydrogen) atoms. The van der Waals surface area contributed by atoms with Crippen molar-refractivity contribution in [1.29, 1.82) is 0 Å². The van der Waals surface area contributed by atoms with Crippen molar-refractivity contribution in [2.24, 2.45) is 0 Å². The smallest absolute Gasteiger partial charge is 0.340 e. The predicted octanol–water partition coefficient (Wildman–Crippen LogP) is 3.90. The Balaban J connectivity index is 1.65. The Labute approximate surface area is 144 Å². The molecule has 0 aliphatic heterocycles. The normalized spacial score (nSPS) is 10.5. The first-order valence-electron chi connectivity index (χ1n) is 6.49. The number of carbonyl (C=O) groups is 1. The third kappa shape index (κ3) is 3.94. The van der Waals surface area contributed by atoms with E-state index >= 15 is 0 Å². The molecule has 0 aliphatic rings. The molecule has 0 saturated heterocycles. The summed E-state index contributed by atoms with van der Waals surface area (Å²) in [4.78, 5) is 19.9. The molecule has 0 N–H and O–H groups in total. The Kier molecular flexibility index (Phi) is 4.68. The Hall–Kier alpha value is -2.25. The lowest BCUT2D eigenvalue weighted by atomic mass is 10.2. The molecule has 0 spiro atoms. The van der Waals surface area contributed by atoms with Gasteiger partial charge in [0.25, 0.3) is 5.89 Å². The molecule has 3 rings (SSSR count). The lowest BCUT2D eigenvalue weighted by Gasteiger charge is -2.01. The summed E-state index contributed by atoms with van der Waals surface area (Å²) >= 11 is 9.04. The Morgan fingerprint density at radius 2 is 2.17 bits per heavy atom. The number of esters is 1. The van der Waals surface area contributed by atoms with Gasteiger partial charge in [-0.05, 0) is 24.3 Å². The SMILES string of the molecule is O=C(OCc1nc(-c2cccc(Br)c2)no1)c1ccc(Cl)nc1. The van der Waals surface area contributed by atoms with E-state index in [9.17, 15) is 4.79 Å². The van der Waals surface area contributed by atoms with E-state index in [1.807, 2.05) is 24.3 Å². The summed E-state index contributed by atoms with van der Waals surface area (Å²) in [5.41, 5.74) is 1.09. The summed E-state index contributed by atoms with van der Waals surface area (Å²) in [6.07, 6.45) is 1.34. The van der Waals surface area contributed by atoms with Crippen LogP contribution in [0.3, 0.4) is 0 Å². The van der Waals surface area contributed by atoms with Gasteiger partial charge in [-0.25, -0.2) is 9.78 Å². The van der Waals surface area contributed by atoms with Crippen LogP contribution in [0.1, 0.15) is 16.2 Å². The number of benzene rings is 1. The van der Waals surface area contributed by atoms with Crippen LogP contribution >= 0.6 is 27.5 Å². The van der Waals surface area contributed by atoms with Gasteiger partial charge < -0.3 is 9.26 Å².